The average Bonchev–Trinajstić information content (AvgIpc) is 3.33. The molecule has 1 aromatic heterocycles. The molecule has 0 aliphatic rings. The molecule has 5 aromatic rings. The number of carbonyl (C=O) groups is 2. The molecule has 5 rings (SSSR count). The Morgan fingerprint density at radius 1 is 0.842 bits per heavy atom. The number of fused-ring (bicyclic) bond motifs is 1. The number of ether oxygens (including phenoxy) is 2. The predicted molar refractivity (Wildman–Crippen MR) is 145 cm³/mol. The van der Waals surface area contributed by atoms with Crippen LogP contribution in [-0.2, 0) is 13.0 Å². The van der Waals surface area contributed by atoms with Crippen molar-refractivity contribution in [1.82, 2.24) is 9.55 Å². The van der Waals surface area contributed by atoms with Gasteiger partial charge in [-0.3, -0.25) is 4.79 Å². The number of imidazole rings is 1. The highest BCUT2D eigenvalue weighted by molar-refractivity contribution is 6.09. The number of carboxylic acid groups (broad SMARTS) is 1. The topological polar surface area (TPSA) is 90.7 Å². The number of methoxy groups -OCH3 is 2. The summed E-state index contributed by atoms with van der Waals surface area (Å²) in [4.78, 5) is 30.4. The Morgan fingerprint density at radius 2 is 1.53 bits per heavy atom. The molecule has 4 aromatic carbocycles. The van der Waals surface area contributed by atoms with Gasteiger partial charge in [0.1, 0.15) is 11.5 Å². The standard InChI is InChI=1S/C31H26N2O5/c1-37-23-16-22(17-24(19-23)38-2)29(34)30-32-27-13-12-21(25-10-6-7-11-26(25)31(35)36)18-28(27)33(30)15-14-20-8-4-3-5-9-20/h3-13,16-19H,14-15H2,1-2H3,(H,35,36). The lowest BCUT2D eigenvalue weighted by atomic mass is 9.99. The molecule has 0 atom stereocenters. The van der Waals surface area contributed by atoms with Gasteiger partial charge in [-0.2, -0.15) is 0 Å². The van der Waals surface area contributed by atoms with Crippen molar-refractivity contribution >= 4 is 22.8 Å². The van der Waals surface area contributed by atoms with E-state index in [1.54, 1.807) is 36.4 Å². The SMILES string of the molecule is COc1cc(OC)cc(C(=O)c2nc3ccc(-c4ccccc4C(=O)O)cc3n2CCc2ccccc2)c1. The molecule has 0 amide bonds. The number of benzene rings is 4. The van der Waals surface area contributed by atoms with E-state index < -0.39 is 5.97 Å². The monoisotopic (exact) mass is 506 g/mol. The highest BCUT2D eigenvalue weighted by atomic mass is 16.5. The van der Waals surface area contributed by atoms with E-state index in [1.807, 2.05) is 59.2 Å². The smallest absolute Gasteiger partial charge is 0.336 e. The molecule has 1 heterocycles. The molecule has 38 heavy (non-hydrogen) atoms. The molecule has 0 saturated carbocycles. The minimum atomic E-state index is -0.999. The molecule has 0 radical (unpaired) electrons. The summed E-state index contributed by atoms with van der Waals surface area (Å²) in [7, 11) is 3.07. The van der Waals surface area contributed by atoms with E-state index in [-0.39, 0.29) is 17.2 Å². The number of nitrogens with zero attached hydrogens (tertiary/aromatic N) is 2. The highest BCUT2D eigenvalue weighted by Crippen LogP contribution is 2.30. The third kappa shape index (κ3) is 4.86. The van der Waals surface area contributed by atoms with E-state index in [2.05, 4.69) is 0 Å². The van der Waals surface area contributed by atoms with Crippen LogP contribution >= 0.6 is 0 Å². The first-order valence-electron chi connectivity index (χ1n) is 12.1. The van der Waals surface area contributed by atoms with Crippen molar-refractivity contribution in [2.75, 3.05) is 14.2 Å². The van der Waals surface area contributed by atoms with Gasteiger partial charge < -0.3 is 19.1 Å². The van der Waals surface area contributed by atoms with Crippen LogP contribution in [0, 0.1) is 0 Å². The number of aromatic carboxylic acids is 1. The highest BCUT2D eigenvalue weighted by Gasteiger charge is 2.22. The number of aromatic nitrogens is 2. The summed E-state index contributed by atoms with van der Waals surface area (Å²) in [6.45, 7) is 0.507. The number of hydrogen-bond donors (Lipinski definition) is 1. The van der Waals surface area contributed by atoms with Crippen molar-refractivity contribution in [2.24, 2.45) is 0 Å². The summed E-state index contributed by atoms with van der Waals surface area (Å²) >= 11 is 0. The summed E-state index contributed by atoms with van der Waals surface area (Å²) in [5, 5.41) is 9.71. The van der Waals surface area contributed by atoms with Gasteiger partial charge in [-0.15, -0.1) is 0 Å². The molecule has 0 aliphatic carbocycles. The second-order valence-electron chi connectivity index (χ2n) is 8.81. The van der Waals surface area contributed by atoms with Crippen LogP contribution in [0.4, 0.5) is 0 Å². The van der Waals surface area contributed by atoms with Gasteiger partial charge in [0, 0.05) is 18.2 Å². The molecule has 0 spiro atoms. The summed E-state index contributed by atoms with van der Waals surface area (Å²) in [6.07, 6.45) is 0.684. The first kappa shape index (κ1) is 24.8. The van der Waals surface area contributed by atoms with Crippen LogP contribution in [0.3, 0.4) is 0 Å². The van der Waals surface area contributed by atoms with Crippen LogP contribution in [0.5, 0.6) is 11.5 Å². The Labute approximate surface area is 219 Å². The van der Waals surface area contributed by atoms with Crippen LogP contribution in [0.15, 0.2) is 91.0 Å². The predicted octanol–water partition coefficient (Wildman–Crippen LogP) is 5.89. The zero-order valence-corrected chi connectivity index (χ0v) is 21.0. The second kappa shape index (κ2) is 10.6. The lowest BCUT2D eigenvalue weighted by Crippen LogP contribution is -2.13. The third-order valence-corrected chi connectivity index (χ3v) is 6.50. The minimum absolute atomic E-state index is 0.210. The Balaban J connectivity index is 1.65. The fourth-order valence-corrected chi connectivity index (χ4v) is 4.56. The van der Waals surface area contributed by atoms with Crippen molar-refractivity contribution < 1.29 is 24.2 Å². The number of ketones is 1. The van der Waals surface area contributed by atoms with Gasteiger partial charge in [0.25, 0.3) is 0 Å². The Bertz CT molecular complexity index is 1620. The van der Waals surface area contributed by atoms with Gasteiger partial charge in [-0.05, 0) is 53.4 Å². The summed E-state index contributed by atoms with van der Waals surface area (Å²) in [6, 6.07) is 27.5. The largest absolute Gasteiger partial charge is 0.497 e. The van der Waals surface area contributed by atoms with E-state index in [9.17, 15) is 14.7 Å². The van der Waals surface area contributed by atoms with Gasteiger partial charge in [0.15, 0.2) is 5.82 Å². The van der Waals surface area contributed by atoms with Crippen molar-refractivity contribution in [3.63, 3.8) is 0 Å². The number of carboxylic acids is 1. The van der Waals surface area contributed by atoms with Crippen molar-refractivity contribution in [1.29, 1.82) is 0 Å². The fraction of sp³-hybridized carbons (Fsp3) is 0.129. The van der Waals surface area contributed by atoms with Gasteiger partial charge in [-0.25, -0.2) is 9.78 Å². The van der Waals surface area contributed by atoms with Gasteiger partial charge in [0.05, 0.1) is 30.8 Å². The molecule has 0 saturated heterocycles. The Kier molecular flexibility index (Phi) is 6.91. The summed E-state index contributed by atoms with van der Waals surface area (Å²) in [5.41, 5.74) is 4.46. The second-order valence-corrected chi connectivity index (χ2v) is 8.81. The molecule has 1 N–H and O–H groups in total. The van der Waals surface area contributed by atoms with Crippen LogP contribution in [0.25, 0.3) is 22.2 Å². The third-order valence-electron chi connectivity index (χ3n) is 6.50. The van der Waals surface area contributed by atoms with Crippen molar-refractivity contribution in [3.8, 4) is 22.6 Å². The Hall–Kier alpha value is -4.91. The molecule has 0 unspecified atom stereocenters. The zero-order valence-electron chi connectivity index (χ0n) is 21.0. The first-order chi connectivity index (χ1) is 18.5. The normalized spacial score (nSPS) is 10.9. The summed E-state index contributed by atoms with van der Waals surface area (Å²) < 4.78 is 12.6. The zero-order chi connectivity index (χ0) is 26.6. The maximum atomic E-state index is 13.8. The van der Waals surface area contributed by atoms with Crippen LogP contribution < -0.4 is 9.47 Å². The molecule has 190 valence electrons. The lowest BCUT2D eigenvalue weighted by molar-refractivity contribution is 0.0697. The molecule has 0 bridgehead atoms. The number of aryl methyl sites for hydroxylation is 2. The van der Waals surface area contributed by atoms with Crippen molar-refractivity contribution in [2.45, 2.75) is 13.0 Å². The van der Waals surface area contributed by atoms with E-state index in [0.29, 0.717) is 41.1 Å². The molecule has 0 aliphatic heterocycles. The fourth-order valence-electron chi connectivity index (χ4n) is 4.56. The van der Waals surface area contributed by atoms with Gasteiger partial charge in [-0.1, -0.05) is 54.6 Å². The number of carbonyl (C=O) groups excluding carboxylic acids is 1. The van der Waals surface area contributed by atoms with E-state index in [4.69, 9.17) is 14.5 Å². The molecular formula is C31H26N2O5. The molecule has 0 fully saturated rings. The maximum absolute atomic E-state index is 13.8. The van der Waals surface area contributed by atoms with Gasteiger partial charge >= 0.3 is 5.97 Å². The maximum Gasteiger partial charge on any atom is 0.336 e. The Morgan fingerprint density at radius 3 is 2.21 bits per heavy atom. The number of rotatable bonds is 9. The van der Waals surface area contributed by atoms with E-state index >= 15 is 0 Å². The van der Waals surface area contributed by atoms with Crippen LogP contribution in [0.1, 0.15) is 32.1 Å². The molecule has 7 nitrogen and oxygen atoms in total. The van der Waals surface area contributed by atoms with E-state index in [0.717, 1.165) is 16.6 Å². The number of hydrogen-bond acceptors (Lipinski definition) is 5. The first-order valence-corrected chi connectivity index (χ1v) is 12.1. The minimum Gasteiger partial charge on any atom is -0.497 e. The average molecular weight is 507 g/mol. The lowest BCUT2D eigenvalue weighted by Gasteiger charge is -2.12. The van der Waals surface area contributed by atoms with Crippen LogP contribution in [-0.4, -0.2) is 40.6 Å². The molecule has 7 heteroatoms. The quantitative estimate of drug-likeness (QED) is 0.251. The molecular weight excluding hydrogens is 480 g/mol. The van der Waals surface area contributed by atoms with Gasteiger partial charge in [0.2, 0.25) is 5.78 Å². The van der Waals surface area contributed by atoms with Crippen LogP contribution in [0.2, 0.25) is 0 Å². The van der Waals surface area contributed by atoms with Crippen molar-refractivity contribution in [3.05, 3.63) is 114 Å². The van der Waals surface area contributed by atoms with E-state index in [1.165, 1.54) is 14.2 Å². The summed E-state index contributed by atoms with van der Waals surface area (Å²) in [5.74, 6) is 0.0365.